The fraction of sp³-hybridized carbons (Fsp3) is 0.333. The third-order valence-electron chi connectivity index (χ3n) is 4.93. The van der Waals surface area contributed by atoms with Gasteiger partial charge in [-0.2, -0.15) is 0 Å². The normalized spacial score (nSPS) is 15.0. The van der Waals surface area contributed by atoms with E-state index in [0.717, 1.165) is 54.0 Å². The van der Waals surface area contributed by atoms with Gasteiger partial charge in [0.1, 0.15) is 11.4 Å². The Balaban J connectivity index is 1.62. The highest BCUT2D eigenvalue weighted by Gasteiger charge is 2.17. The van der Waals surface area contributed by atoms with E-state index in [1.54, 1.807) is 18.7 Å². The van der Waals surface area contributed by atoms with Gasteiger partial charge >= 0.3 is 0 Å². The number of benzene rings is 1. The van der Waals surface area contributed by atoms with Crippen molar-refractivity contribution < 1.29 is 9.15 Å². The van der Waals surface area contributed by atoms with Gasteiger partial charge in [-0.05, 0) is 43.5 Å². The van der Waals surface area contributed by atoms with E-state index in [4.69, 9.17) is 19.9 Å². The van der Waals surface area contributed by atoms with E-state index in [1.165, 1.54) is 0 Å². The molecule has 1 aromatic carbocycles. The van der Waals surface area contributed by atoms with Crippen molar-refractivity contribution in [2.45, 2.75) is 19.4 Å². The summed E-state index contributed by atoms with van der Waals surface area (Å²) in [6, 6.07) is 9.95. The van der Waals surface area contributed by atoms with Crippen LogP contribution in [0.3, 0.4) is 0 Å². The van der Waals surface area contributed by atoms with Crippen LogP contribution in [0.4, 0.5) is 0 Å². The minimum atomic E-state index is 0.514. The van der Waals surface area contributed by atoms with Crippen LogP contribution in [0.5, 0.6) is 5.88 Å². The molecular formula is C21H24N4O2. The van der Waals surface area contributed by atoms with Crippen LogP contribution in [-0.2, 0) is 6.54 Å². The van der Waals surface area contributed by atoms with Crippen LogP contribution in [0.1, 0.15) is 18.4 Å². The molecule has 6 nitrogen and oxygen atoms in total. The second-order valence-corrected chi connectivity index (χ2v) is 6.82. The zero-order chi connectivity index (χ0) is 18.5. The fourth-order valence-electron chi connectivity index (χ4n) is 3.30. The quantitative estimate of drug-likeness (QED) is 0.698. The number of hydrogen-bond acceptors (Lipinski definition) is 6. The molecule has 0 amide bonds. The van der Waals surface area contributed by atoms with E-state index in [9.17, 15) is 0 Å². The van der Waals surface area contributed by atoms with E-state index >= 15 is 0 Å². The predicted molar refractivity (Wildman–Crippen MR) is 104 cm³/mol. The lowest BCUT2D eigenvalue weighted by molar-refractivity contribution is 0.208. The van der Waals surface area contributed by atoms with Crippen LogP contribution < -0.4 is 15.8 Å². The van der Waals surface area contributed by atoms with Gasteiger partial charge in [-0.15, -0.1) is 0 Å². The number of aromatic nitrogens is 2. The highest BCUT2D eigenvalue weighted by molar-refractivity contribution is 5.77. The lowest BCUT2D eigenvalue weighted by atomic mass is 9.99. The summed E-state index contributed by atoms with van der Waals surface area (Å²) < 4.78 is 11.2. The Morgan fingerprint density at radius 3 is 2.59 bits per heavy atom. The molecular weight excluding hydrogens is 340 g/mol. The summed E-state index contributed by atoms with van der Waals surface area (Å²) in [6.45, 7) is 3.29. The number of nitrogens with two attached hydrogens (primary N) is 1. The molecule has 2 aromatic heterocycles. The average molecular weight is 364 g/mol. The smallest absolute Gasteiger partial charge is 0.232 e. The number of rotatable bonds is 6. The van der Waals surface area contributed by atoms with Gasteiger partial charge in [-0.1, -0.05) is 24.3 Å². The van der Waals surface area contributed by atoms with Crippen molar-refractivity contribution in [3.8, 4) is 28.4 Å². The lowest BCUT2D eigenvalue weighted by Gasteiger charge is -2.22. The van der Waals surface area contributed by atoms with E-state index in [0.29, 0.717) is 24.9 Å². The largest absolute Gasteiger partial charge is 0.476 e. The van der Waals surface area contributed by atoms with E-state index in [-0.39, 0.29) is 0 Å². The number of furan rings is 1. The Labute approximate surface area is 158 Å². The van der Waals surface area contributed by atoms with Crippen molar-refractivity contribution in [3.63, 3.8) is 0 Å². The molecule has 4 rings (SSSR count). The first-order chi connectivity index (χ1) is 13.3. The third-order valence-corrected chi connectivity index (χ3v) is 4.93. The van der Waals surface area contributed by atoms with Crippen molar-refractivity contribution in [1.29, 1.82) is 0 Å². The molecule has 0 radical (unpaired) electrons. The summed E-state index contributed by atoms with van der Waals surface area (Å²) >= 11 is 0. The van der Waals surface area contributed by atoms with Crippen LogP contribution >= 0.6 is 0 Å². The molecule has 140 valence electrons. The van der Waals surface area contributed by atoms with Crippen molar-refractivity contribution in [3.05, 3.63) is 54.6 Å². The van der Waals surface area contributed by atoms with Gasteiger partial charge in [-0.3, -0.25) is 0 Å². The molecule has 0 aliphatic carbocycles. The molecule has 0 spiro atoms. The van der Waals surface area contributed by atoms with E-state index in [2.05, 4.69) is 10.3 Å². The Kier molecular flexibility index (Phi) is 5.46. The van der Waals surface area contributed by atoms with Crippen LogP contribution in [0.2, 0.25) is 0 Å². The summed E-state index contributed by atoms with van der Waals surface area (Å²) in [6.07, 6.45) is 7.28. The molecule has 1 fully saturated rings. The van der Waals surface area contributed by atoms with Crippen LogP contribution in [0, 0.1) is 5.92 Å². The van der Waals surface area contributed by atoms with Gasteiger partial charge in [0.25, 0.3) is 0 Å². The molecule has 0 bridgehead atoms. The fourth-order valence-corrected chi connectivity index (χ4v) is 3.30. The number of nitrogens with one attached hydrogen (secondary N) is 1. The maximum absolute atomic E-state index is 5.98. The highest BCUT2D eigenvalue weighted by atomic mass is 16.5. The molecule has 6 heteroatoms. The molecule has 0 unspecified atom stereocenters. The maximum Gasteiger partial charge on any atom is 0.232 e. The monoisotopic (exact) mass is 364 g/mol. The van der Waals surface area contributed by atoms with Gasteiger partial charge in [0.05, 0.1) is 25.3 Å². The number of nitrogens with zero attached hydrogens (tertiary/aromatic N) is 2. The molecule has 1 aliphatic heterocycles. The van der Waals surface area contributed by atoms with Crippen molar-refractivity contribution in [2.24, 2.45) is 11.7 Å². The Morgan fingerprint density at radius 1 is 1.07 bits per heavy atom. The third kappa shape index (κ3) is 4.18. The summed E-state index contributed by atoms with van der Waals surface area (Å²) in [7, 11) is 0. The average Bonchev–Trinajstić information content (AvgIpc) is 3.28. The van der Waals surface area contributed by atoms with Gasteiger partial charge in [0, 0.05) is 17.7 Å². The summed E-state index contributed by atoms with van der Waals surface area (Å²) in [5, 5.41) is 3.37. The second-order valence-electron chi connectivity index (χ2n) is 6.82. The molecule has 3 aromatic rings. The van der Waals surface area contributed by atoms with Crippen LogP contribution in [-0.4, -0.2) is 29.7 Å². The number of ether oxygens (including phenoxy) is 1. The number of hydrogen-bond donors (Lipinski definition) is 2. The van der Waals surface area contributed by atoms with E-state index in [1.807, 2.05) is 30.3 Å². The SMILES string of the molecule is NCc1ccc(-c2nc(OCC3CCNCC3)cnc2-c2ccoc2)cc1. The van der Waals surface area contributed by atoms with Gasteiger partial charge in [0.2, 0.25) is 5.88 Å². The molecule has 1 saturated heterocycles. The van der Waals surface area contributed by atoms with Crippen molar-refractivity contribution in [1.82, 2.24) is 15.3 Å². The molecule has 27 heavy (non-hydrogen) atoms. The Bertz CT molecular complexity index is 856. The first kappa shape index (κ1) is 17.7. The van der Waals surface area contributed by atoms with E-state index < -0.39 is 0 Å². The minimum Gasteiger partial charge on any atom is -0.476 e. The molecule has 3 heterocycles. The standard InChI is InChI=1S/C21H24N4O2/c22-11-15-1-3-17(4-2-15)21-20(18-7-10-26-14-18)24-12-19(25-21)27-13-16-5-8-23-9-6-16/h1-4,7,10,12,14,16,23H,5-6,8-9,11,13,22H2. The highest BCUT2D eigenvalue weighted by Crippen LogP contribution is 2.31. The molecule has 0 atom stereocenters. The maximum atomic E-state index is 5.98. The van der Waals surface area contributed by atoms with Crippen molar-refractivity contribution in [2.75, 3.05) is 19.7 Å². The summed E-state index contributed by atoms with van der Waals surface area (Å²) in [4.78, 5) is 9.38. The zero-order valence-electron chi connectivity index (χ0n) is 15.2. The minimum absolute atomic E-state index is 0.514. The first-order valence-electron chi connectivity index (χ1n) is 9.36. The van der Waals surface area contributed by atoms with Crippen LogP contribution in [0.15, 0.2) is 53.5 Å². The number of piperidine rings is 1. The second kappa shape index (κ2) is 8.33. The Morgan fingerprint density at radius 2 is 1.89 bits per heavy atom. The van der Waals surface area contributed by atoms with Gasteiger partial charge < -0.3 is 20.2 Å². The Hall–Kier alpha value is -2.70. The topological polar surface area (TPSA) is 86.2 Å². The van der Waals surface area contributed by atoms with Crippen molar-refractivity contribution >= 4 is 0 Å². The van der Waals surface area contributed by atoms with Gasteiger partial charge in [-0.25, -0.2) is 9.97 Å². The molecule has 3 N–H and O–H groups in total. The first-order valence-corrected chi connectivity index (χ1v) is 9.36. The van der Waals surface area contributed by atoms with Crippen LogP contribution in [0.25, 0.3) is 22.5 Å². The lowest BCUT2D eigenvalue weighted by Crippen LogP contribution is -2.30. The van der Waals surface area contributed by atoms with Gasteiger partial charge in [0.15, 0.2) is 0 Å². The molecule has 0 saturated carbocycles. The summed E-state index contributed by atoms with van der Waals surface area (Å²) in [5.74, 6) is 1.12. The molecule has 1 aliphatic rings. The summed E-state index contributed by atoms with van der Waals surface area (Å²) in [5.41, 5.74) is 10.2. The zero-order valence-corrected chi connectivity index (χ0v) is 15.2. The predicted octanol–water partition coefficient (Wildman–Crippen LogP) is 3.24.